The minimum absolute atomic E-state index is 0.0824. The van der Waals surface area contributed by atoms with E-state index in [0.29, 0.717) is 12.5 Å². The van der Waals surface area contributed by atoms with E-state index in [1.54, 1.807) is 0 Å². The van der Waals surface area contributed by atoms with Crippen LogP contribution in [0.1, 0.15) is 73.4 Å². The van der Waals surface area contributed by atoms with Gasteiger partial charge in [-0.2, -0.15) is 0 Å². The molecule has 3 nitrogen and oxygen atoms in total. The SMILES string of the molecule is CCOC(=O)C1CCc2sc(C3CCC(CC)C3)nc21. The van der Waals surface area contributed by atoms with Crippen LogP contribution >= 0.6 is 11.3 Å². The van der Waals surface area contributed by atoms with Crippen LogP contribution in [0, 0.1) is 5.92 Å². The van der Waals surface area contributed by atoms with E-state index in [1.807, 2.05) is 18.3 Å². The van der Waals surface area contributed by atoms with E-state index in [2.05, 4.69) is 6.92 Å². The van der Waals surface area contributed by atoms with Gasteiger partial charge < -0.3 is 4.74 Å². The van der Waals surface area contributed by atoms with Crippen molar-refractivity contribution in [3.63, 3.8) is 0 Å². The summed E-state index contributed by atoms with van der Waals surface area (Å²) in [5.74, 6) is 1.33. The van der Waals surface area contributed by atoms with Gasteiger partial charge in [0.25, 0.3) is 0 Å². The van der Waals surface area contributed by atoms with Crippen LogP contribution in [0.15, 0.2) is 0 Å². The molecule has 110 valence electrons. The number of hydrogen-bond acceptors (Lipinski definition) is 4. The lowest BCUT2D eigenvalue weighted by atomic mass is 10.0. The van der Waals surface area contributed by atoms with Gasteiger partial charge in [0.1, 0.15) is 5.92 Å². The highest BCUT2D eigenvalue weighted by Gasteiger charge is 2.35. The van der Waals surface area contributed by atoms with Crippen LogP contribution in [-0.2, 0) is 16.0 Å². The van der Waals surface area contributed by atoms with Crippen molar-refractivity contribution >= 4 is 17.3 Å². The van der Waals surface area contributed by atoms with Crippen molar-refractivity contribution in [1.29, 1.82) is 0 Å². The van der Waals surface area contributed by atoms with Gasteiger partial charge >= 0.3 is 5.97 Å². The molecule has 0 amide bonds. The van der Waals surface area contributed by atoms with Gasteiger partial charge in [-0.1, -0.05) is 13.3 Å². The fraction of sp³-hybridized carbons (Fsp3) is 0.750. The normalized spacial score (nSPS) is 28.6. The fourth-order valence-corrected chi connectivity index (χ4v) is 4.85. The van der Waals surface area contributed by atoms with E-state index in [9.17, 15) is 4.79 Å². The molecule has 1 aromatic heterocycles. The molecule has 0 aliphatic heterocycles. The number of nitrogens with zero attached hydrogens (tertiary/aromatic N) is 1. The van der Waals surface area contributed by atoms with Gasteiger partial charge in [0.05, 0.1) is 17.3 Å². The Bertz CT molecular complexity index is 497. The van der Waals surface area contributed by atoms with Crippen LogP contribution in [0.2, 0.25) is 0 Å². The summed E-state index contributed by atoms with van der Waals surface area (Å²) in [6.45, 7) is 4.61. The molecular weight excluding hydrogens is 270 g/mol. The first-order chi connectivity index (χ1) is 9.72. The first-order valence-electron chi connectivity index (χ1n) is 7.89. The van der Waals surface area contributed by atoms with Crippen molar-refractivity contribution in [3.05, 3.63) is 15.6 Å². The molecule has 0 aromatic carbocycles. The number of rotatable bonds is 4. The van der Waals surface area contributed by atoms with E-state index in [0.717, 1.165) is 24.5 Å². The van der Waals surface area contributed by atoms with Crippen LogP contribution in [0.5, 0.6) is 0 Å². The second kappa shape index (κ2) is 5.84. The van der Waals surface area contributed by atoms with Crippen LogP contribution < -0.4 is 0 Å². The van der Waals surface area contributed by atoms with Crippen LogP contribution in [0.3, 0.4) is 0 Å². The quantitative estimate of drug-likeness (QED) is 0.787. The minimum atomic E-state index is -0.0988. The molecule has 3 rings (SSSR count). The van der Waals surface area contributed by atoms with Crippen molar-refractivity contribution in [2.75, 3.05) is 6.61 Å². The highest BCUT2D eigenvalue weighted by atomic mass is 32.1. The van der Waals surface area contributed by atoms with E-state index in [4.69, 9.17) is 9.72 Å². The smallest absolute Gasteiger partial charge is 0.315 e. The van der Waals surface area contributed by atoms with E-state index in [-0.39, 0.29) is 11.9 Å². The number of aryl methyl sites for hydroxylation is 1. The largest absolute Gasteiger partial charge is 0.465 e. The second-order valence-electron chi connectivity index (χ2n) is 5.99. The summed E-state index contributed by atoms with van der Waals surface area (Å²) in [5.41, 5.74) is 1.03. The van der Waals surface area contributed by atoms with E-state index >= 15 is 0 Å². The van der Waals surface area contributed by atoms with E-state index < -0.39 is 0 Å². The minimum Gasteiger partial charge on any atom is -0.465 e. The number of thiazole rings is 1. The number of carbonyl (C=O) groups excluding carboxylic acids is 1. The van der Waals surface area contributed by atoms with Crippen molar-refractivity contribution in [2.45, 2.75) is 64.2 Å². The lowest BCUT2D eigenvalue weighted by Crippen LogP contribution is -2.14. The molecule has 1 fully saturated rings. The van der Waals surface area contributed by atoms with Gasteiger partial charge in [-0.05, 0) is 44.9 Å². The molecule has 3 atom stereocenters. The summed E-state index contributed by atoms with van der Waals surface area (Å²) in [7, 11) is 0. The topological polar surface area (TPSA) is 39.2 Å². The van der Waals surface area contributed by atoms with Crippen LogP contribution in [-0.4, -0.2) is 17.6 Å². The Hall–Kier alpha value is -0.900. The molecule has 0 radical (unpaired) electrons. The molecule has 0 N–H and O–H groups in total. The molecule has 20 heavy (non-hydrogen) atoms. The standard InChI is InChI=1S/C16H23NO2S/c1-3-10-5-6-11(9-10)15-17-14-12(16(18)19-4-2)7-8-13(14)20-15/h10-12H,3-9H2,1-2H3. The molecule has 1 saturated carbocycles. The Kier molecular flexibility index (Phi) is 4.11. The molecule has 0 spiro atoms. The zero-order valence-electron chi connectivity index (χ0n) is 12.4. The molecule has 1 aromatic rings. The molecule has 1 heterocycles. The van der Waals surface area contributed by atoms with Gasteiger partial charge in [0, 0.05) is 10.8 Å². The van der Waals surface area contributed by atoms with Crippen LogP contribution in [0.25, 0.3) is 0 Å². The summed E-state index contributed by atoms with van der Waals surface area (Å²) in [6, 6.07) is 0. The zero-order chi connectivity index (χ0) is 14.1. The first-order valence-corrected chi connectivity index (χ1v) is 8.70. The third kappa shape index (κ3) is 2.50. The maximum Gasteiger partial charge on any atom is 0.315 e. The highest BCUT2D eigenvalue weighted by Crippen LogP contribution is 2.45. The van der Waals surface area contributed by atoms with Gasteiger partial charge in [0.15, 0.2) is 0 Å². The number of carbonyl (C=O) groups is 1. The maximum atomic E-state index is 12.0. The molecular formula is C16H23NO2S. The lowest BCUT2D eigenvalue weighted by molar-refractivity contribution is -0.145. The van der Waals surface area contributed by atoms with Gasteiger partial charge in [-0.3, -0.25) is 4.79 Å². The monoisotopic (exact) mass is 293 g/mol. The van der Waals surface area contributed by atoms with Crippen molar-refractivity contribution in [1.82, 2.24) is 4.98 Å². The summed E-state index contributed by atoms with van der Waals surface area (Å²) in [4.78, 5) is 18.2. The Balaban J connectivity index is 1.75. The number of ether oxygens (including phenoxy) is 1. The average Bonchev–Trinajstić information content (AvgIpc) is 3.12. The molecule has 3 unspecified atom stereocenters. The van der Waals surface area contributed by atoms with Gasteiger partial charge in [-0.25, -0.2) is 4.98 Å². The number of aromatic nitrogens is 1. The molecule has 0 saturated heterocycles. The number of esters is 1. The number of fused-ring (bicyclic) bond motifs is 1. The molecule has 0 bridgehead atoms. The second-order valence-corrected chi connectivity index (χ2v) is 7.10. The van der Waals surface area contributed by atoms with Gasteiger partial charge in [-0.15, -0.1) is 11.3 Å². The summed E-state index contributed by atoms with van der Waals surface area (Å²) in [6.07, 6.45) is 7.07. The predicted molar refractivity (Wildman–Crippen MR) is 80.2 cm³/mol. The summed E-state index contributed by atoms with van der Waals surface area (Å²) < 4.78 is 5.18. The average molecular weight is 293 g/mol. The van der Waals surface area contributed by atoms with Crippen molar-refractivity contribution < 1.29 is 9.53 Å². The zero-order valence-corrected chi connectivity index (χ0v) is 13.2. The van der Waals surface area contributed by atoms with Crippen molar-refractivity contribution in [3.8, 4) is 0 Å². The third-order valence-corrected chi connectivity index (χ3v) is 6.07. The Morgan fingerprint density at radius 3 is 2.90 bits per heavy atom. The predicted octanol–water partition coefficient (Wildman–Crippen LogP) is 4.03. The fourth-order valence-electron chi connectivity index (χ4n) is 3.56. The Morgan fingerprint density at radius 2 is 2.20 bits per heavy atom. The van der Waals surface area contributed by atoms with Crippen LogP contribution in [0.4, 0.5) is 0 Å². The lowest BCUT2D eigenvalue weighted by Gasteiger charge is -2.09. The van der Waals surface area contributed by atoms with Gasteiger partial charge in [0.2, 0.25) is 0 Å². The molecule has 2 aliphatic carbocycles. The maximum absolute atomic E-state index is 12.0. The summed E-state index contributed by atoms with van der Waals surface area (Å²) >= 11 is 1.85. The summed E-state index contributed by atoms with van der Waals surface area (Å²) in [5, 5.41) is 1.28. The Morgan fingerprint density at radius 1 is 1.35 bits per heavy atom. The third-order valence-electron chi connectivity index (χ3n) is 4.77. The number of hydrogen-bond donors (Lipinski definition) is 0. The first kappa shape index (κ1) is 14.1. The molecule has 4 heteroatoms. The Labute approximate surface area is 124 Å². The van der Waals surface area contributed by atoms with Crippen molar-refractivity contribution in [2.24, 2.45) is 5.92 Å². The molecule has 2 aliphatic rings. The van der Waals surface area contributed by atoms with E-state index in [1.165, 1.54) is 35.6 Å². The highest BCUT2D eigenvalue weighted by molar-refractivity contribution is 7.11.